The largest absolute Gasteiger partial charge is 0.417 e. The zero-order valence-corrected chi connectivity index (χ0v) is 15.0. The molecule has 0 atom stereocenters. The highest BCUT2D eigenvalue weighted by Gasteiger charge is 2.31. The summed E-state index contributed by atoms with van der Waals surface area (Å²) in [7, 11) is 0. The van der Waals surface area contributed by atoms with Crippen LogP contribution in [0.3, 0.4) is 0 Å². The number of hydrogen-bond acceptors (Lipinski definition) is 4. The summed E-state index contributed by atoms with van der Waals surface area (Å²) in [6.45, 7) is 3.51. The fourth-order valence-electron chi connectivity index (χ4n) is 3.54. The molecule has 4 rings (SSSR count). The van der Waals surface area contributed by atoms with Crippen molar-refractivity contribution in [2.45, 2.75) is 12.7 Å². The molecule has 3 aromatic rings. The molecule has 4 heterocycles. The van der Waals surface area contributed by atoms with Crippen molar-refractivity contribution in [2.75, 3.05) is 31.1 Å². The molecular weight excluding hydrogens is 367 g/mol. The van der Waals surface area contributed by atoms with E-state index in [1.54, 1.807) is 0 Å². The van der Waals surface area contributed by atoms with E-state index in [0.29, 0.717) is 31.0 Å². The van der Waals surface area contributed by atoms with Crippen LogP contribution in [0.2, 0.25) is 0 Å². The first-order valence-electron chi connectivity index (χ1n) is 8.95. The molecule has 144 valence electrons. The molecule has 5 nitrogen and oxygen atoms in total. The Bertz CT molecular complexity index is 1010. The van der Waals surface area contributed by atoms with Crippen LogP contribution in [-0.4, -0.2) is 40.5 Å². The summed E-state index contributed by atoms with van der Waals surface area (Å²) in [6.07, 6.45) is 0.420. The van der Waals surface area contributed by atoms with Crippen molar-refractivity contribution in [1.82, 2.24) is 14.3 Å². The molecule has 0 N–H and O–H groups in total. The standard InChI is InChI=1S/C20H18F3N5/c21-20(22,23)16-4-5-19(25-12-16)27-9-7-26(8-10-27)13-15-14-28-6-2-1-3-18(28)17(15)11-24/h1-6,12,14H,7-10,13H2. The minimum Gasteiger partial charge on any atom is -0.354 e. The number of nitriles is 1. The molecule has 1 saturated heterocycles. The maximum atomic E-state index is 12.7. The number of rotatable bonds is 3. The van der Waals surface area contributed by atoms with Gasteiger partial charge in [-0.2, -0.15) is 18.4 Å². The summed E-state index contributed by atoms with van der Waals surface area (Å²) >= 11 is 0. The van der Waals surface area contributed by atoms with Gasteiger partial charge in [0, 0.05) is 56.9 Å². The van der Waals surface area contributed by atoms with E-state index < -0.39 is 11.7 Å². The highest BCUT2D eigenvalue weighted by atomic mass is 19.4. The lowest BCUT2D eigenvalue weighted by atomic mass is 10.1. The van der Waals surface area contributed by atoms with Crippen LogP contribution in [0.1, 0.15) is 16.7 Å². The lowest BCUT2D eigenvalue weighted by Gasteiger charge is -2.35. The quantitative estimate of drug-likeness (QED) is 0.692. The van der Waals surface area contributed by atoms with Gasteiger partial charge < -0.3 is 9.30 Å². The molecule has 0 bridgehead atoms. The molecule has 0 radical (unpaired) electrons. The highest BCUT2D eigenvalue weighted by molar-refractivity contribution is 5.65. The molecule has 0 unspecified atom stereocenters. The number of anilines is 1. The van der Waals surface area contributed by atoms with Gasteiger partial charge in [0.25, 0.3) is 0 Å². The minimum atomic E-state index is -4.37. The Morgan fingerprint density at radius 2 is 1.86 bits per heavy atom. The van der Waals surface area contributed by atoms with E-state index in [-0.39, 0.29) is 0 Å². The smallest absolute Gasteiger partial charge is 0.354 e. The van der Waals surface area contributed by atoms with E-state index in [2.05, 4.69) is 16.0 Å². The summed E-state index contributed by atoms with van der Waals surface area (Å²) in [5.74, 6) is 0.556. The predicted molar refractivity (Wildman–Crippen MR) is 98.8 cm³/mol. The number of piperazine rings is 1. The van der Waals surface area contributed by atoms with Crippen LogP contribution in [-0.2, 0) is 12.7 Å². The van der Waals surface area contributed by atoms with Gasteiger partial charge in [0.1, 0.15) is 11.9 Å². The molecule has 1 aliphatic heterocycles. The highest BCUT2D eigenvalue weighted by Crippen LogP contribution is 2.29. The molecule has 0 amide bonds. The summed E-state index contributed by atoms with van der Waals surface area (Å²) in [6, 6.07) is 10.6. The SMILES string of the molecule is N#Cc1c(CN2CCN(c3ccc(C(F)(F)F)cn3)CC2)cn2ccccc12. The summed E-state index contributed by atoms with van der Waals surface area (Å²) in [5.41, 5.74) is 1.83. The molecule has 1 fully saturated rings. The third kappa shape index (κ3) is 3.53. The van der Waals surface area contributed by atoms with E-state index >= 15 is 0 Å². The second-order valence-corrected chi connectivity index (χ2v) is 6.80. The fourth-order valence-corrected chi connectivity index (χ4v) is 3.54. The first-order valence-corrected chi connectivity index (χ1v) is 8.95. The van der Waals surface area contributed by atoms with Crippen LogP contribution in [0, 0.1) is 11.3 Å². The number of nitrogens with zero attached hydrogens (tertiary/aromatic N) is 5. The Kier molecular flexibility index (Phi) is 4.69. The lowest BCUT2D eigenvalue weighted by Crippen LogP contribution is -2.46. The first kappa shape index (κ1) is 18.3. The van der Waals surface area contributed by atoms with Gasteiger partial charge in [-0.15, -0.1) is 0 Å². The van der Waals surface area contributed by atoms with Gasteiger partial charge in [-0.1, -0.05) is 6.07 Å². The number of hydrogen-bond donors (Lipinski definition) is 0. The fraction of sp³-hybridized carbons (Fsp3) is 0.300. The Balaban J connectivity index is 1.42. The average molecular weight is 385 g/mol. The van der Waals surface area contributed by atoms with E-state index in [0.717, 1.165) is 36.4 Å². The van der Waals surface area contributed by atoms with Crippen LogP contribution < -0.4 is 4.90 Å². The Labute approximate surface area is 160 Å². The lowest BCUT2D eigenvalue weighted by molar-refractivity contribution is -0.137. The van der Waals surface area contributed by atoms with Gasteiger partial charge in [0.15, 0.2) is 0 Å². The van der Waals surface area contributed by atoms with Crippen LogP contribution in [0.5, 0.6) is 0 Å². The van der Waals surface area contributed by atoms with Gasteiger partial charge in [-0.05, 0) is 24.3 Å². The Hall–Kier alpha value is -3.05. The maximum Gasteiger partial charge on any atom is 0.417 e. The number of halogens is 3. The Morgan fingerprint density at radius 1 is 1.07 bits per heavy atom. The molecule has 0 aliphatic carbocycles. The molecule has 0 saturated carbocycles. The molecule has 3 aromatic heterocycles. The summed E-state index contributed by atoms with van der Waals surface area (Å²) in [5, 5.41) is 9.53. The van der Waals surface area contributed by atoms with Crippen molar-refractivity contribution in [3.8, 4) is 6.07 Å². The van der Waals surface area contributed by atoms with Crippen molar-refractivity contribution in [2.24, 2.45) is 0 Å². The normalized spacial score (nSPS) is 15.7. The third-order valence-electron chi connectivity index (χ3n) is 5.04. The van der Waals surface area contributed by atoms with E-state index in [9.17, 15) is 18.4 Å². The monoisotopic (exact) mass is 385 g/mol. The topological polar surface area (TPSA) is 47.6 Å². The number of pyridine rings is 2. The van der Waals surface area contributed by atoms with E-state index in [1.165, 1.54) is 6.07 Å². The number of aromatic nitrogens is 2. The minimum absolute atomic E-state index is 0.556. The summed E-state index contributed by atoms with van der Waals surface area (Å²) < 4.78 is 40.0. The Morgan fingerprint density at radius 3 is 2.50 bits per heavy atom. The van der Waals surface area contributed by atoms with Crippen molar-refractivity contribution >= 4 is 11.3 Å². The van der Waals surface area contributed by atoms with Crippen molar-refractivity contribution in [3.63, 3.8) is 0 Å². The zero-order valence-electron chi connectivity index (χ0n) is 15.0. The van der Waals surface area contributed by atoms with Crippen LogP contribution in [0.15, 0.2) is 48.9 Å². The average Bonchev–Trinajstić information content (AvgIpc) is 3.05. The van der Waals surface area contributed by atoms with Gasteiger partial charge in [0.05, 0.1) is 16.6 Å². The molecule has 0 spiro atoms. The zero-order chi connectivity index (χ0) is 19.7. The molecular formula is C20H18F3N5. The number of alkyl halides is 3. The molecule has 28 heavy (non-hydrogen) atoms. The summed E-state index contributed by atoms with van der Waals surface area (Å²) in [4.78, 5) is 8.21. The van der Waals surface area contributed by atoms with E-state index in [1.807, 2.05) is 39.9 Å². The van der Waals surface area contributed by atoms with Gasteiger partial charge >= 0.3 is 6.18 Å². The van der Waals surface area contributed by atoms with Crippen molar-refractivity contribution in [3.05, 3.63) is 65.6 Å². The van der Waals surface area contributed by atoms with Gasteiger partial charge in [0.2, 0.25) is 0 Å². The third-order valence-corrected chi connectivity index (χ3v) is 5.04. The van der Waals surface area contributed by atoms with Gasteiger partial charge in [-0.25, -0.2) is 4.98 Å². The van der Waals surface area contributed by atoms with Crippen LogP contribution in [0.25, 0.3) is 5.52 Å². The molecule has 8 heteroatoms. The molecule has 0 aromatic carbocycles. The van der Waals surface area contributed by atoms with Crippen LogP contribution >= 0.6 is 0 Å². The first-order chi connectivity index (χ1) is 13.5. The second kappa shape index (κ2) is 7.17. The van der Waals surface area contributed by atoms with Crippen LogP contribution in [0.4, 0.5) is 19.0 Å². The van der Waals surface area contributed by atoms with E-state index in [4.69, 9.17) is 0 Å². The second-order valence-electron chi connectivity index (χ2n) is 6.80. The maximum absolute atomic E-state index is 12.7. The van der Waals surface area contributed by atoms with Gasteiger partial charge in [-0.3, -0.25) is 4.90 Å². The van der Waals surface area contributed by atoms with Crippen molar-refractivity contribution in [1.29, 1.82) is 5.26 Å². The van der Waals surface area contributed by atoms with Crippen molar-refractivity contribution < 1.29 is 13.2 Å². The molecule has 1 aliphatic rings. The predicted octanol–water partition coefficient (Wildman–Crippen LogP) is 3.55. The number of fused-ring (bicyclic) bond motifs is 1.